The molecule has 0 saturated carbocycles. The fourth-order valence-corrected chi connectivity index (χ4v) is 3.69. The molecule has 1 aliphatic heterocycles. The number of fused-ring (bicyclic) bond motifs is 3. The van der Waals surface area contributed by atoms with Crippen LogP contribution in [0.15, 0.2) is 36.5 Å². The average molecular weight is 385 g/mol. The molecule has 4 rings (SSSR count). The van der Waals surface area contributed by atoms with Crippen LogP contribution in [0.5, 0.6) is 0 Å². The molecular formula is C20H23N3O5. The van der Waals surface area contributed by atoms with E-state index in [-0.39, 0.29) is 6.42 Å². The van der Waals surface area contributed by atoms with E-state index < -0.39 is 30.7 Å². The third-order valence-corrected chi connectivity index (χ3v) is 5.07. The van der Waals surface area contributed by atoms with Gasteiger partial charge in [-0.25, -0.2) is 4.79 Å². The Morgan fingerprint density at radius 3 is 3.00 bits per heavy atom. The van der Waals surface area contributed by atoms with Gasteiger partial charge in [-0.1, -0.05) is 18.2 Å². The van der Waals surface area contributed by atoms with E-state index in [1.807, 2.05) is 24.3 Å². The number of nitrogens with zero attached hydrogens (tertiary/aromatic N) is 1. The van der Waals surface area contributed by atoms with Gasteiger partial charge in [0.15, 0.2) is 6.29 Å². The number of aliphatic hydroxyl groups excluding tert-OH is 1. The summed E-state index contributed by atoms with van der Waals surface area (Å²) in [7, 11) is 0. The number of hydrogen-bond acceptors (Lipinski definition) is 6. The van der Waals surface area contributed by atoms with Gasteiger partial charge in [0.25, 0.3) is 0 Å². The minimum absolute atomic E-state index is 0.221. The largest absolute Gasteiger partial charge is 0.443 e. The van der Waals surface area contributed by atoms with Crippen molar-refractivity contribution >= 4 is 27.9 Å². The van der Waals surface area contributed by atoms with Crippen LogP contribution in [0, 0.1) is 0 Å². The normalized spacial score (nSPS) is 25.2. The van der Waals surface area contributed by atoms with Crippen molar-refractivity contribution in [2.75, 3.05) is 6.61 Å². The van der Waals surface area contributed by atoms with E-state index in [1.165, 1.54) is 0 Å². The number of aliphatic hydroxyl groups is 1. The molecule has 4 N–H and O–H groups in total. The summed E-state index contributed by atoms with van der Waals surface area (Å²) in [5, 5.41) is 12.4. The highest BCUT2D eigenvalue weighted by molar-refractivity contribution is 6.07. The Hall–Kier alpha value is -2.68. The summed E-state index contributed by atoms with van der Waals surface area (Å²) in [6.07, 6.45) is -1.13. The van der Waals surface area contributed by atoms with E-state index in [2.05, 4.69) is 16.0 Å². The Labute approximate surface area is 161 Å². The van der Waals surface area contributed by atoms with Crippen molar-refractivity contribution in [1.29, 1.82) is 0 Å². The predicted molar refractivity (Wildman–Crippen MR) is 103 cm³/mol. The summed E-state index contributed by atoms with van der Waals surface area (Å²) in [6.45, 7) is 2.07. The molecule has 1 amide bonds. The number of ether oxygens (including phenoxy) is 3. The Kier molecular flexibility index (Phi) is 5.17. The number of carbonyl (C=O) groups is 1. The van der Waals surface area contributed by atoms with Gasteiger partial charge in [-0.15, -0.1) is 0 Å². The molecule has 4 atom stereocenters. The molecule has 8 heteroatoms. The quantitative estimate of drug-likeness (QED) is 0.620. The minimum Gasteiger partial charge on any atom is -0.443 e. The van der Waals surface area contributed by atoms with Crippen molar-refractivity contribution in [2.24, 2.45) is 5.73 Å². The number of aromatic nitrogens is 2. The van der Waals surface area contributed by atoms with Crippen molar-refractivity contribution in [2.45, 2.75) is 44.4 Å². The van der Waals surface area contributed by atoms with Crippen LogP contribution in [0.4, 0.5) is 4.79 Å². The number of nitrogens with one attached hydrogen (secondary N) is 1. The van der Waals surface area contributed by atoms with Gasteiger partial charge >= 0.3 is 6.09 Å². The molecule has 1 aliphatic rings. The van der Waals surface area contributed by atoms with Crippen LogP contribution < -0.4 is 5.73 Å². The number of primary amides is 1. The van der Waals surface area contributed by atoms with Gasteiger partial charge < -0.3 is 30.0 Å². The highest BCUT2D eigenvalue weighted by Crippen LogP contribution is 2.27. The number of carbonyl (C=O) groups excluding carboxylic acids is 1. The molecule has 0 unspecified atom stereocenters. The summed E-state index contributed by atoms with van der Waals surface area (Å²) in [5.41, 5.74) is 8.04. The Bertz CT molecular complexity index is 988. The number of pyridine rings is 1. The van der Waals surface area contributed by atoms with Crippen molar-refractivity contribution < 1.29 is 24.1 Å². The first-order valence-electron chi connectivity index (χ1n) is 9.28. The fraction of sp³-hybridized carbons (Fsp3) is 0.400. The van der Waals surface area contributed by atoms with Gasteiger partial charge in [-0.05, 0) is 19.1 Å². The van der Waals surface area contributed by atoms with Crippen LogP contribution in [-0.2, 0) is 20.6 Å². The molecule has 3 heterocycles. The molecule has 1 aromatic carbocycles. The standard InChI is InChI=1S/C20H23N3O5/c1-11-19(24)16(28-20(21)25)10-17(27-11)26-9-7-15-18-13(6-8-22-15)12-4-2-3-5-14(12)23-18/h2-6,8,11,16-17,19,23-24H,7,9-10H2,1H3,(H2,21,25)/t11-,16-,17+,19-/m1/s1. The third kappa shape index (κ3) is 3.66. The minimum atomic E-state index is -0.936. The summed E-state index contributed by atoms with van der Waals surface area (Å²) in [5.74, 6) is 0. The van der Waals surface area contributed by atoms with Crippen LogP contribution in [0.1, 0.15) is 19.0 Å². The lowest BCUT2D eigenvalue weighted by atomic mass is 10.0. The lowest BCUT2D eigenvalue weighted by molar-refractivity contribution is -0.244. The van der Waals surface area contributed by atoms with Crippen LogP contribution in [0.3, 0.4) is 0 Å². The second-order valence-corrected chi connectivity index (χ2v) is 6.94. The maximum atomic E-state index is 11.0. The molecule has 1 fully saturated rings. The molecule has 0 spiro atoms. The van der Waals surface area contributed by atoms with Crippen LogP contribution in [-0.4, -0.2) is 52.4 Å². The highest BCUT2D eigenvalue weighted by Gasteiger charge is 2.38. The first kappa shape index (κ1) is 18.7. The van der Waals surface area contributed by atoms with E-state index >= 15 is 0 Å². The number of nitrogens with two attached hydrogens (primary N) is 1. The number of H-pyrrole nitrogens is 1. The number of benzene rings is 1. The number of rotatable bonds is 5. The van der Waals surface area contributed by atoms with E-state index in [0.29, 0.717) is 13.0 Å². The monoisotopic (exact) mass is 385 g/mol. The number of para-hydroxylation sites is 1. The lowest BCUT2D eigenvalue weighted by Crippen LogP contribution is -2.50. The maximum Gasteiger partial charge on any atom is 0.404 e. The molecule has 148 valence electrons. The highest BCUT2D eigenvalue weighted by atomic mass is 16.7. The molecule has 3 aromatic rings. The van der Waals surface area contributed by atoms with Gasteiger partial charge in [0, 0.05) is 35.3 Å². The summed E-state index contributed by atoms with van der Waals surface area (Å²) < 4.78 is 16.4. The second kappa shape index (κ2) is 7.75. The van der Waals surface area contributed by atoms with Crippen molar-refractivity contribution in [3.63, 3.8) is 0 Å². The zero-order valence-corrected chi connectivity index (χ0v) is 15.5. The van der Waals surface area contributed by atoms with E-state index in [1.54, 1.807) is 13.1 Å². The first-order chi connectivity index (χ1) is 13.5. The van der Waals surface area contributed by atoms with Gasteiger partial charge in [0.2, 0.25) is 0 Å². The Balaban J connectivity index is 1.43. The molecule has 28 heavy (non-hydrogen) atoms. The smallest absolute Gasteiger partial charge is 0.404 e. The molecule has 0 aliphatic carbocycles. The average Bonchev–Trinajstić information content (AvgIpc) is 3.05. The number of amides is 1. The molecule has 2 aromatic heterocycles. The summed E-state index contributed by atoms with van der Waals surface area (Å²) in [4.78, 5) is 18.9. The van der Waals surface area contributed by atoms with Gasteiger partial charge in [0.1, 0.15) is 12.2 Å². The molecule has 8 nitrogen and oxygen atoms in total. The zero-order chi connectivity index (χ0) is 19.7. The summed E-state index contributed by atoms with van der Waals surface area (Å²) in [6, 6.07) is 10.1. The third-order valence-electron chi connectivity index (χ3n) is 5.07. The lowest BCUT2D eigenvalue weighted by Gasteiger charge is -2.36. The topological polar surface area (TPSA) is 120 Å². The van der Waals surface area contributed by atoms with Crippen molar-refractivity contribution in [1.82, 2.24) is 9.97 Å². The first-order valence-corrected chi connectivity index (χ1v) is 9.28. The SMILES string of the molecule is C[C@H]1O[C@H](OCCc2nccc3c2[nH]c2ccccc23)C[C@@H](OC(N)=O)[C@@H]1O. The van der Waals surface area contributed by atoms with Gasteiger partial charge in [0.05, 0.1) is 23.9 Å². The fourth-order valence-electron chi connectivity index (χ4n) is 3.69. The van der Waals surface area contributed by atoms with Crippen LogP contribution in [0.2, 0.25) is 0 Å². The zero-order valence-electron chi connectivity index (χ0n) is 15.5. The molecule has 1 saturated heterocycles. The molecule has 0 bridgehead atoms. The summed E-state index contributed by atoms with van der Waals surface area (Å²) >= 11 is 0. The van der Waals surface area contributed by atoms with Crippen molar-refractivity contribution in [3.8, 4) is 0 Å². The van der Waals surface area contributed by atoms with E-state index in [4.69, 9.17) is 19.9 Å². The molecule has 0 radical (unpaired) electrons. The van der Waals surface area contributed by atoms with Gasteiger partial charge in [-0.3, -0.25) is 4.98 Å². The number of aromatic amines is 1. The van der Waals surface area contributed by atoms with Crippen LogP contribution >= 0.6 is 0 Å². The van der Waals surface area contributed by atoms with Gasteiger partial charge in [-0.2, -0.15) is 0 Å². The maximum absolute atomic E-state index is 11.0. The van der Waals surface area contributed by atoms with E-state index in [9.17, 15) is 9.90 Å². The van der Waals surface area contributed by atoms with Crippen molar-refractivity contribution in [3.05, 3.63) is 42.2 Å². The van der Waals surface area contributed by atoms with E-state index in [0.717, 1.165) is 27.5 Å². The number of hydrogen-bond donors (Lipinski definition) is 3. The molecular weight excluding hydrogens is 362 g/mol. The van der Waals surface area contributed by atoms with Crippen LogP contribution in [0.25, 0.3) is 21.8 Å². The Morgan fingerprint density at radius 1 is 1.36 bits per heavy atom. The second-order valence-electron chi connectivity index (χ2n) is 6.94. The Morgan fingerprint density at radius 2 is 2.18 bits per heavy atom. The predicted octanol–water partition coefficient (Wildman–Crippen LogP) is 2.23.